The maximum absolute atomic E-state index is 13.9. The minimum Gasteiger partial charge on any atom is -0.245 e. The second-order valence-electron chi connectivity index (χ2n) is 11.3. The topological polar surface area (TPSA) is 40.4 Å². The predicted molar refractivity (Wildman–Crippen MR) is 141 cm³/mol. The van der Waals surface area contributed by atoms with E-state index in [-0.39, 0.29) is 35.5 Å². The molecule has 2 amide bonds. The highest BCUT2D eigenvalue weighted by molar-refractivity contribution is 6.21. The first-order valence-electron chi connectivity index (χ1n) is 12.6. The number of amides is 2. The minimum absolute atomic E-state index is 0.183. The Morgan fingerprint density at radius 3 is 1.44 bits per heavy atom. The van der Waals surface area contributed by atoms with Crippen LogP contribution in [0.1, 0.15) is 115 Å². The van der Waals surface area contributed by atoms with E-state index in [0.29, 0.717) is 0 Å². The van der Waals surface area contributed by atoms with Crippen LogP contribution in [-0.4, -0.2) is 22.7 Å². The zero-order chi connectivity index (χ0) is 25.5. The molecule has 0 N–H and O–H groups in total. The quantitative estimate of drug-likeness (QED) is 0.331. The number of hydrogen-bond donors (Lipinski definition) is 0. The molecule has 0 bridgehead atoms. The third kappa shape index (κ3) is 4.35. The third-order valence-corrected chi connectivity index (χ3v) is 6.90. The Labute approximate surface area is 205 Å². The van der Waals surface area contributed by atoms with Crippen molar-refractivity contribution in [1.82, 2.24) is 0 Å². The second-order valence-corrected chi connectivity index (χ2v) is 11.3. The Hall–Kier alpha value is -2.75. The Morgan fingerprint density at radius 1 is 0.676 bits per heavy atom. The highest BCUT2D eigenvalue weighted by Crippen LogP contribution is 2.41. The van der Waals surface area contributed by atoms with E-state index in [9.17, 15) is 9.59 Å². The summed E-state index contributed by atoms with van der Waals surface area (Å²) in [6.45, 7) is 20.7. The zero-order valence-corrected chi connectivity index (χ0v) is 22.6. The fourth-order valence-corrected chi connectivity index (χ4v) is 4.81. The summed E-state index contributed by atoms with van der Waals surface area (Å²) in [6, 6.07) is 12.5. The highest BCUT2D eigenvalue weighted by Gasteiger charge is 2.53. The van der Waals surface area contributed by atoms with E-state index < -0.39 is 5.41 Å². The molecule has 0 aromatic heterocycles. The van der Waals surface area contributed by atoms with Crippen LogP contribution < -0.4 is 4.90 Å². The van der Waals surface area contributed by atoms with Gasteiger partial charge in [-0.3, -0.25) is 0 Å². The molecule has 2 aromatic rings. The molecule has 0 unspecified atom stereocenters. The van der Waals surface area contributed by atoms with Crippen LogP contribution >= 0.6 is 0 Å². The van der Waals surface area contributed by atoms with E-state index in [2.05, 4.69) is 91.8 Å². The summed E-state index contributed by atoms with van der Waals surface area (Å²) in [7, 11) is 0. The molecule has 1 heterocycles. The van der Waals surface area contributed by atoms with Crippen molar-refractivity contribution in [3.8, 4) is 0 Å². The van der Waals surface area contributed by atoms with Crippen molar-refractivity contribution in [3.63, 3.8) is 0 Å². The van der Waals surface area contributed by atoms with Gasteiger partial charge < -0.3 is 0 Å². The van der Waals surface area contributed by atoms with Gasteiger partial charge in [0, 0.05) is 22.3 Å². The first kappa shape index (κ1) is 25.9. The van der Waals surface area contributed by atoms with Crippen LogP contribution in [-0.2, 0) is 9.59 Å². The number of anilines is 1. The van der Waals surface area contributed by atoms with Gasteiger partial charge in [-0.25, -0.2) is 9.59 Å². The van der Waals surface area contributed by atoms with E-state index in [1.807, 2.05) is 0 Å². The lowest BCUT2D eigenvalue weighted by Crippen LogP contribution is -2.54. The lowest BCUT2D eigenvalue weighted by Gasteiger charge is -2.32. The molecule has 0 fully saturated rings. The zero-order valence-electron chi connectivity index (χ0n) is 22.6. The van der Waals surface area contributed by atoms with Crippen LogP contribution in [0.5, 0.6) is 0 Å². The number of para-hydroxylation sites is 2. The molecule has 34 heavy (non-hydrogen) atoms. The van der Waals surface area contributed by atoms with Gasteiger partial charge >= 0.3 is 11.8 Å². The third-order valence-electron chi connectivity index (χ3n) is 6.90. The lowest BCUT2D eigenvalue weighted by molar-refractivity contribution is -0.375. The smallest absolute Gasteiger partial charge is 0.245 e. The molecule has 182 valence electrons. The molecular formula is C30H41N2O2+. The number of rotatable bonds is 6. The molecular weight excluding hydrogens is 420 g/mol. The molecule has 2 aromatic carbocycles. The second kappa shape index (κ2) is 9.48. The Morgan fingerprint density at radius 2 is 1.06 bits per heavy atom. The largest absolute Gasteiger partial charge is 0.331 e. The monoisotopic (exact) mass is 461 g/mol. The fraction of sp³-hybridized carbons (Fsp3) is 0.500. The number of benzene rings is 2. The molecule has 4 heteroatoms. The van der Waals surface area contributed by atoms with E-state index in [1.54, 1.807) is 29.7 Å². The van der Waals surface area contributed by atoms with Crippen molar-refractivity contribution in [3.05, 3.63) is 58.7 Å². The van der Waals surface area contributed by atoms with Crippen molar-refractivity contribution >= 4 is 29.5 Å². The predicted octanol–water partition coefficient (Wildman–Crippen LogP) is 7.45. The first-order valence-corrected chi connectivity index (χ1v) is 12.6. The van der Waals surface area contributed by atoms with Gasteiger partial charge in [0.15, 0.2) is 5.41 Å². The number of hydrogen-bond acceptors (Lipinski definition) is 2. The molecule has 0 saturated carbocycles. The molecule has 4 nitrogen and oxygen atoms in total. The van der Waals surface area contributed by atoms with Crippen LogP contribution in [0.3, 0.4) is 0 Å². The lowest BCUT2D eigenvalue weighted by atomic mass is 9.85. The SMILES string of the molecule is CC(C)c1cccc(C(C)C)c1N1C=[N+](c2c(C(C)C)cccc2C(C)C)C(=O)C(C)(C)C1=O. The van der Waals surface area contributed by atoms with Gasteiger partial charge in [0.2, 0.25) is 0 Å². The minimum atomic E-state index is -1.19. The maximum atomic E-state index is 13.9. The van der Waals surface area contributed by atoms with Gasteiger partial charge in [0.25, 0.3) is 6.34 Å². The van der Waals surface area contributed by atoms with Gasteiger partial charge in [-0.1, -0.05) is 91.8 Å². The standard InChI is InChI=1S/C30H41N2O2/c1-18(2)22-13-11-14-23(19(3)4)26(22)31-17-32(29(34)30(9,10)28(31)33)27-24(20(5)6)15-12-16-25(27)21(7)8/h11-21H,1-10H3/q+1. The van der Waals surface area contributed by atoms with E-state index in [0.717, 1.165) is 33.6 Å². The van der Waals surface area contributed by atoms with Crippen molar-refractivity contribution in [2.24, 2.45) is 5.41 Å². The normalized spacial score (nSPS) is 16.3. The van der Waals surface area contributed by atoms with Crippen LogP contribution in [0.15, 0.2) is 36.4 Å². The Kier molecular flexibility index (Phi) is 7.21. The van der Waals surface area contributed by atoms with E-state index in [1.165, 1.54) is 0 Å². The van der Waals surface area contributed by atoms with Crippen LogP contribution in [0.25, 0.3) is 0 Å². The molecule has 0 atom stereocenters. The van der Waals surface area contributed by atoms with Gasteiger partial charge in [0.05, 0.1) is 0 Å². The van der Waals surface area contributed by atoms with Crippen molar-refractivity contribution in [2.75, 3.05) is 4.90 Å². The van der Waals surface area contributed by atoms with E-state index in [4.69, 9.17) is 0 Å². The molecule has 3 rings (SSSR count). The molecule has 1 aliphatic rings. The summed E-state index contributed by atoms with van der Waals surface area (Å²) in [6.07, 6.45) is 1.76. The molecule has 0 radical (unpaired) electrons. The summed E-state index contributed by atoms with van der Waals surface area (Å²) in [5.41, 5.74) is 5.09. The summed E-state index contributed by atoms with van der Waals surface area (Å²) < 4.78 is 1.76. The number of carbonyl (C=O) groups excluding carboxylic acids is 2. The van der Waals surface area contributed by atoms with Gasteiger partial charge in [0.1, 0.15) is 11.4 Å². The summed E-state index contributed by atoms with van der Waals surface area (Å²) in [4.78, 5) is 29.5. The van der Waals surface area contributed by atoms with Crippen molar-refractivity contribution in [1.29, 1.82) is 0 Å². The maximum Gasteiger partial charge on any atom is 0.331 e. The average molecular weight is 462 g/mol. The Balaban J connectivity index is 2.43. The van der Waals surface area contributed by atoms with Crippen LogP contribution in [0, 0.1) is 5.41 Å². The van der Waals surface area contributed by atoms with Gasteiger partial charge in [-0.05, 0) is 37.5 Å². The summed E-state index contributed by atoms with van der Waals surface area (Å²) >= 11 is 0. The number of carbonyl (C=O) groups is 2. The van der Waals surface area contributed by atoms with Crippen molar-refractivity contribution < 1.29 is 14.2 Å². The van der Waals surface area contributed by atoms with E-state index >= 15 is 0 Å². The van der Waals surface area contributed by atoms with Crippen LogP contribution in [0.4, 0.5) is 11.4 Å². The molecule has 0 aliphatic carbocycles. The molecule has 0 saturated heterocycles. The highest BCUT2D eigenvalue weighted by atomic mass is 16.2. The number of nitrogens with zero attached hydrogens (tertiary/aromatic N) is 2. The van der Waals surface area contributed by atoms with Crippen molar-refractivity contribution in [2.45, 2.75) is 92.9 Å². The fourth-order valence-electron chi connectivity index (χ4n) is 4.81. The van der Waals surface area contributed by atoms with Gasteiger partial charge in [-0.2, -0.15) is 9.48 Å². The summed E-state index contributed by atoms with van der Waals surface area (Å²) in [5, 5.41) is 0. The van der Waals surface area contributed by atoms with Crippen LogP contribution in [0.2, 0.25) is 0 Å². The molecule has 0 spiro atoms. The summed E-state index contributed by atoms with van der Waals surface area (Å²) in [5.74, 6) is 0.571. The Bertz CT molecular complexity index is 1080. The first-order chi connectivity index (χ1) is 15.8. The average Bonchev–Trinajstić information content (AvgIpc) is 2.77. The molecule has 1 aliphatic heterocycles. The van der Waals surface area contributed by atoms with Gasteiger partial charge in [-0.15, -0.1) is 0 Å².